The third kappa shape index (κ3) is 16.8. The topological polar surface area (TPSA) is 535 Å². The molecule has 0 bridgehead atoms. The van der Waals surface area contributed by atoms with Crippen LogP contribution in [-0.2, 0) is 57.3 Å². The van der Waals surface area contributed by atoms with Gasteiger partial charge in [-0.1, -0.05) is 0 Å². The SMILES string of the molecule is C[C@H](O[C@@H]1O[C@H](CO)[C@@H](O)[C@H](O)[C@H]1O)[C@@H](N)C(=O)NCC(=O)N[C@@H](CCCN=C(N)N)C(=O)NCC(=O)N[C@@H](CC(=O)O)C(=O)N[C@@H](CO[C@@H]1O[C@H](CO)[C@@H](O)[C@H](O)[C@H]1O)C(=O)N1CCC[C@H]1C(N)=O. The molecular weight excluding hydrogens is 946 g/mol. The number of nitrogens with zero attached hydrogens (tertiary/aromatic N) is 2. The molecule has 0 aliphatic carbocycles. The number of aliphatic imine (C=N–C) groups is 1. The van der Waals surface area contributed by atoms with Crippen LogP contribution >= 0.6 is 0 Å². The molecular formula is C38H65N11O21. The Bertz CT molecular complexity index is 1850. The molecule has 70 heavy (non-hydrogen) atoms. The van der Waals surface area contributed by atoms with Crippen LogP contribution in [0.1, 0.15) is 39.0 Å². The van der Waals surface area contributed by atoms with Crippen molar-refractivity contribution in [1.29, 1.82) is 0 Å². The summed E-state index contributed by atoms with van der Waals surface area (Å²) in [4.78, 5) is 108. The molecule has 3 aliphatic heterocycles. The fraction of sp³-hybridized carbons (Fsp3) is 0.763. The molecule has 398 valence electrons. The van der Waals surface area contributed by atoms with Gasteiger partial charge in [-0.25, -0.2) is 0 Å². The fourth-order valence-electron chi connectivity index (χ4n) is 7.28. The highest BCUT2D eigenvalue weighted by atomic mass is 16.7. The number of carboxylic acids is 1. The number of primary amides is 1. The third-order valence-electron chi connectivity index (χ3n) is 11.2. The summed E-state index contributed by atoms with van der Waals surface area (Å²) in [5, 5.41) is 101. The van der Waals surface area contributed by atoms with E-state index < -0.39 is 184 Å². The molecule has 3 saturated heterocycles. The number of carbonyl (C=O) groups excluding carboxylic acids is 7. The number of rotatable bonds is 26. The maximum atomic E-state index is 13.8. The molecule has 0 radical (unpaired) electrons. The summed E-state index contributed by atoms with van der Waals surface area (Å²) >= 11 is 0. The molecule has 32 nitrogen and oxygen atoms in total. The van der Waals surface area contributed by atoms with Crippen molar-refractivity contribution in [1.82, 2.24) is 31.5 Å². The fourth-order valence-corrected chi connectivity index (χ4v) is 7.28. The second-order valence-corrected chi connectivity index (χ2v) is 16.5. The van der Waals surface area contributed by atoms with Crippen LogP contribution < -0.4 is 49.5 Å². The van der Waals surface area contributed by atoms with Crippen LogP contribution in [0.15, 0.2) is 4.99 Å². The minimum absolute atomic E-state index is 0.0156. The number of nitrogens with one attached hydrogen (secondary N) is 5. The molecule has 7 amide bonds. The maximum Gasteiger partial charge on any atom is 0.305 e. The Morgan fingerprint density at radius 2 is 1.27 bits per heavy atom. The maximum absolute atomic E-state index is 13.8. The average molecular weight is 1010 g/mol. The zero-order valence-electron chi connectivity index (χ0n) is 37.9. The highest BCUT2D eigenvalue weighted by molar-refractivity contribution is 5.97. The lowest BCUT2D eigenvalue weighted by Crippen LogP contribution is -2.61. The number of carboxylic acid groups (broad SMARTS) is 1. The van der Waals surface area contributed by atoms with E-state index in [2.05, 4.69) is 31.6 Å². The van der Waals surface area contributed by atoms with E-state index in [1.54, 1.807) is 0 Å². The van der Waals surface area contributed by atoms with Gasteiger partial charge in [0.1, 0.15) is 79.0 Å². The number of guanidine groups is 1. The van der Waals surface area contributed by atoms with Crippen molar-refractivity contribution in [3.8, 4) is 0 Å². The first kappa shape index (κ1) is 58.8. The minimum Gasteiger partial charge on any atom is -0.481 e. The van der Waals surface area contributed by atoms with Crippen molar-refractivity contribution in [3.63, 3.8) is 0 Å². The van der Waals surface area contributed by atoms with Crippen LogP contribution in [0.3, 0.4) is 0 Å². The van der Waals surface area contributed by atoms with E-state index in [9.17, 15) is 84.3 Å². The van der Waals surface area contributed by atoms with Crippen molar-refractivity contribution >= 4 is 53.3 Å². The molecule has 3 aliphatic rings. The molecule has 0 spiro atoms. The molecule has 0 unspecified atom stereocenters. The third-order valence-corrected chi connectivity index (χ3v) is 11.2. The van der Waals surface area contributed by atoms with E-state index >= 15 is 0 Å². The Balaban J connectivity index is 1.67. The Hall–Kier alpha value is -5.49. The molecule has 0 saturated carbocycles. The second-order valence-electron chi connectivity index (χ2n) is 16.5. The first-order valence-electron chi connectivity index (χ1n) is 21.9. The van der Waals surface area contributed by atoms with Crippen molar-refractivity contribution in [2.45, 2.75) is 137 Å². The van der Waals surface area contributed by atoms with Crippen LogP contribution in [-0.4, -0.2) is 248 Å². The van der Waals surface area contributed by atoms with Crippen LogP contribution in [0.2, 0.25) is 0 Å². The molecule has 0 aromatic carbocycles. The molecule has 0 aromatic rings. The number of nitrogens with two attached hydrogens (primary N) is 4. The first-order chi connectivity index (χ1) is 32.9. The van der Waals surface area contributed by atoms with Gasteiger partial charge in [-0.2, -0.15) is 0 Å². The van der Waals surface area contributed by atoms with Crippen molar-refractivity contribution in [3.05, 3.63) is 0 Å². The summed E-state index contributed by atoms with van der Waals surface area (Å²) in [7, 11) is 0. The Morgan fingerprint density at radius 3 is 1.81 bits per heavy atom. The van der Waals surface area contributed by atoms with Gasteiger partial charge in [0.2, 0.25) is 41.4 Å². The van der Waals surface area contributed by atoms with Crippen molar-refractivity contribution in [2.24, 2.45) is 27.9 Å². The number of amides is 7. The standard InChI is InChI=1S/C38H65N11O21/c1-14(68-37-30(61)28(59)26(57)20(12-51)70-37)24(39)34(65)45-10-21(52)46-15(4-2-6-43-38(41)42)32(63)44-9-22(53)47-16(8-23(54)55)33(64)48-17(35(66)49-7-3-5-18(49)31(40)62)13-67-36-29(60)27(58)25(56)19(11-50)69-36/h14-20,24-30,36-37,50-51,56-61H,2-13,39H2,1H3,(H2,40,62)(H,44,63)(H,45,65)(H,46,52)(H,47,53)(H,48,64)(H,54,55)(H4,41,42,43)/t14-,15-,16-,17-,18-,19+,20+,24+,25+,26+,27-,28-,29+,30+,36+,37+/m0/s1. The van der Waals surface area contributed by atoms with Crippen LogP contribution in [0.5, 0.6) is 0 Å². The predicted molar refractivity (Wildman–Crippen MR) is 230 cm³/mol. The number of likely N-dealkylation sites (tertiary alicyclic amines) is 1. The van der Waals surface area contributed by atoms with E-state index in [1.807, 2.05) is 0 Å². The Kier molecular flexibility index (Phi) is 23.3. The van der Waals surface area contributed by atoms with Gasteiger partial charge in [-0.05, 0) is 32.6 Å². The molecule has 16 atom stereocenters. The lowest BCUT2D eigenvalue weighted by Gasteiger charge is -2.40. The van der Waals surface area contributed by atoms with Gasteiger partial charge in [-0.15, -0.1) is 0 Å². The molecule has 0 aromatic heterocycles. The predicted octanol–water partition coefficient (Wildman–Crippen LogP) is -12.0. The summed E-state index contributed by atoms with van der Waals surface area (Å²) in [6, 6.07) is -7.84. The molecule has 3 heterocycles. The highest BCUT2D eigenvalue weighted by Gasteiger charge is 2.47. The number of aliphatic carboxylic acids is 1. The first-order valence-corrected chi connectivity index (χ1v) is 21.9. The Labute approximate surface area is 398 Å². The monoisotopic (exact) mass is 1010 g/mol. The number of ether oxygens (including phenoxy) is 4. The van der Waals surface area contributed by atoms with Crippen molar-refractivity contribution in [2.75, 3.05) is 46.0 Å². The zero-order valence-corrected chi connectivity index (χ0v) is 37.9. The summed E-state index contributed by atoms with van der Waals surface area (Å²) in [6.07, 6.45) is -19.0. The highest BCUT2D eigenvalue weighted by Crippen LogP contribution is 2.25. The van der Waals surface area contributed by atoms with Gasteiger partial charge in [0.15, 0.2) is 18.5 Å². The lowest BCUT2D eigenvalue weighted by molar-refractivity contribution is -0.310. The van der Waals surface area contributed by atoms with Gasteiger partial charge < -0.3 is 119 Å². The summed E-state index contributed by atoms with van der Waals surface area (Å²) in [5.74, 6) is -9.14. The van der Waals surface area contributed by atoms with E-state index in [-0.39, 0.29) is 38.3 Å². The van der Waals surface area contributed by atoms with E-state index in [1.165, 1.54) is 6.92 Å². The number of aliphatic hydroxyl groups is 8. The summed E-state index contributed by atoms with van der Waals surface area (Å²) in [5.41, 5.74) is 22.1. The largest absolute Gasteiger partial charge is 0.481 e. The number of carbonyl (C=O) groups is 8. The number of aliphatic hydroxyl groups excluding tert-OH is 8. The second kappa shape index (κ2) is 27.8. The van der Waals surface area contributed by atoms with Crippen LogP contribution in [0, 0.1) is 0 Å². The van der Waals surface area contributed by atoms with Gasteiger partial charge in [0.05, 0.1) is 45.4 Å². The smallest absolute Gasteiger partial charge is 0.305 e. The molecule has 32 heteroatoms. The summed E-state index contributed by atoms with van der Waals surface area (Å²) in [6.45, 7) is -2.93. The quantitative estimate of drug-likeness (QED) is 0.0217. The molecule has 3 fully saturated rings. The minimum atomic E-state index is -1.95. The van der Waals surface area contributed by atoms with Crippen LogP contribution in [0.25, 0.3) is 0 Å². The number of hydrogen-bond acceptors (Lipinski definition) is 22. The van der Waals surface area contributed by atoms with Gasteiger partial charge >= 0.3 is 5.97 Å². The Morgan fingerprint density at radius 1 is 0.729 bits per heavy atom. The molecule has 3 rings (SSSR count). The average Bonchev–Trinajstić information content (AvgIpc) is 3.82. The van der Waals surface area contributed by atoms with Gasteiger partial charge in [0, 0.05) is 13.1 Å². The van der Waals surface area contributed by atoms with Gasteiger partial charge in [0.25, 0.3) is 0 Å². The molecule has 22 N–H and O–H groups in total. The summed E-state index contributed by atoms with van der Waals surface area (Å²) < 4.78 is 21.5. The number of hydrogen-bond donors (Lipinski definition) is 18. The van der Waals surface area contributed by atoms with E-state index in [4.69, 9.17) is 41.9 Å². The van der Waals surface area contributed by atoms with Gasteiger partial charge in [-0.3, -0.25) is 43.3 Å². The van der Waals surface area contributed by atoms with Crippen LogP contribution in [0.4, 0.5) is 0 Å². The zero-order chi connectivity index (χ0) is 52.6. The van der Waals surface area contributed by atoms with E-state index in [0.717, 1.165) is 4.90 Å². The van der Waals surface area contributed by atoms with Crippen molar-refractivity contribution < 1.29 is 103 Å². The lowest BCUT2D eigenvalue weighted by atomic mass is 9.99. The van der Waals surface area contributed by atoms with E-state index in [0.29, 0.717) is 6.42 Å². The normalized spacial score (nSPS) is 28.7.